The van der Waals surface area contributed by atoms with Crippen LogP contribution in [0.4, 0.5) is 0 Å². The van der Waals surface area contributed by atoms with Crippen LogP contribution in [0, 0.1) is 17.8 Å². The van der Waals surface area contributed by atoms with Crippen molar-refractivity contribution in [2.24, 2.45) is 17.8 Å². The summed E-state index contributed by atoms with van der Waals surface area (Å²) in [6, 6.07) is 0. The Kier molecular flexibility index (Phi) is 2.40. The van der Waals surface area contributed by atoms with Gasteiger partial charge in [0, 0.05) is 0 Å². The summed E-state index contributed by atoms with van der Waals surface area (Å²) in [5.41, 5.74) is 0. The van der Waals surface area contributed by atoms with Crippen molar-refractivity contribution in [1.29, 1.82) is 0 Å². The predicted octanol–water partition coefficient (Wildman–Crippen LogP) is 2.58. The third-order valence-electron chi connectivity index (χ3n) is 3.75. The molecule has 3 unspecified atom stereocenters. The van der Waals surface area contributed by atoms with Crippen molar-refractivity contribution in [3.8, 4) is 0 Å². The molecule has 2 aliphatic rings. The molecule has 0 amide bonds. The summed E-state index contributed by atoms with van der Waals surface area (Å²) >= 11 is 0. The lowest BCUT2D eigenvalue weighted by atomic mass is 9.95. The lowest BCUT2D eigenvalue weighted by molar-refractivity contribution is 0.0872. The molecule has 2 rings (SSSR count). The zero-order chi connectivity index (χ0) is 8.55. The van der Waals surface area contributed by atoms with Crippen molar-refractivity contribution >= 4 is 0 Å². The molecule has 0 aromatic carbocycles. The zero-order valence-corrected chi connectivity index (χ0v) is 8.00. The first-order valence-corrected chi connectivity index (χ1v) is 5.49. The van der Waals surface area contributed by atoms with E-state index in [1.807, 2.05) is 0 Å². The lowest BCUT2D eigenvalue weighted by Crippen LogP contribution is -2.20. The van der Waals surface area contributed by atoms with E-state index >= 15 is 0 Å². The second-order valence-electron chi connectivity index (χ2n) is 4.68. The van der Waals surface area contributed by atoms with Gasteiger partial charge in [-0.05, 0) is 43.4 Å². The molecule has 0 spiro atoms. The van der Waals surface area contributed by atoms with Gasteiger partial charge in [0.2, 0.25) is 0 Å². The van der Waals surface area contributed by atoms with Crippen LogP contribution in [-0.2, 0) is 0 Å². The zero-order valence-electron chi connectivity index (χ0n) is 8.00. The van der Waals surface area contributed by atoms with E-state index in [1.54, 1.807) is 0 Å². The summed E-state index contributed by atoms with van der Waals surface area (Å²) in [7, 11) is 0. The van der Waals surface area contributed by atoms with Crippen LogP contribution in [0.1, 0.15) is 45.4 Å². The highest BCUT2D eigenvalue weighted by molar-refractivity contribution is 4.89. The Morgan fingerprint density at radius 1 is 1.17 bits per heavy atom. The first-order valence-electron chi connectivity index (χ1n) is 5.49. The Balaban J connectivity index is 1.81. The van der Waals surface area contributed by atoms with Gasteiger partial charge in [0.25, 0.3) is 0 Å². The van der Waals surface area contributed by atoms with E-state index in [4.69, 9.17) is 0 Å². The molecule has 2 fully saturated rings. The molecule has 3 atom stereocenters. The van der Waals surface area contributed by atoms with Gasteiger partial charge < -0.3 is 5.11 Å². The molecule has 0 heterocycles. The summed E-state index contributed by atoms with van der Waals surface area (Å²) in [5, 5.41) is 9.90. The first-order chi connectivity index (χ1) is 5.81. The van der Waals surface area contributed by atoms with Gasteiger partial charge in [-0.25, -0.2) is 0 Å². The summed E-state index contributed by atoms with van der Waals surface area (Å²) in [5.74, 6) is 2.26. The minimum absolute atomic E-state index is 0.0570. The number of aliphatic hydroxyl groups is 1. The molecule has 12 heavy (non-hydrogen) atoms. The summed E-state index contributed by atoms with van der Waals surface area (Å²) in [4.78, 5) is 0. The predicted molar refractivity (Wildman–Crippen MR) is 49.9 cm³/mol. The Morgan fingerprint density at radius 2 is 1.83 bits per heavy atom. The fourth-order valence-corrected chi connectivity index (χ4v) is 2.62. The molecule has 0 aromatic rings. The van der Waals surface area contributed by atoms with Gasteiger partial charge >= 0.3 is 0 Å². The van der Waals surface area contributed by atoms with E-state index in [0.717, 1.165) is 5.92 Å². The average Bonchev–Trinajstić information content (AvgIpc) is 2.82. The van der Waals surface area contributed by atoms with Gasteiger partial charge in [-0.1, -0.05) is 19.8 Å². The van der Waals surface area contributed by atoms with Crippen LogP contribution in [0.5, 0.6) is 0 Å². The van der Waals surface area contributed by atoms with Crippen molar-refractivity contribution in [1.82, 2.24) is 0 Å². The van der Waals surface area contributed by atoms with Crippen LogP contribution in [0.25, 0.3) is 0 Å². The van der Waals surface area contributed by atoms with Crippen LogP contribution in [0.15, 0.2) is 0 Å². The quantitative estimate of drug-likeness (QED) is 0.686. The number of hydrogen-bond acceptors (Lipinski definition) is 1. The molecule has 2 aliphatic carbocycles. The maximum atomic E-state index is 9.90. The largest absolute Gasteiger partial charge is 0.393 e. The summed E-state index contributed by atoms with van der Waals surface area (Å²) in [6.07, 6.45) is 7.90. The van der Waals surface area contributed by atoms with Gasteiger partial charge in [0.1, 0.15) is 0 Å². The molecule has 1 N–H and O–H groups in total. The van der Waals surface area contributed by atoms with Crippen molar-refractivity contribution in [3.63, 3.8) is 0 Å². The van der Waals surface area contributed by atoms with Crippen molar-refractivity contribution in [3.05, 3.63) is 0 Å². The maximum Gasteiger partial charge on any atom is 0.0596 e. The monoisotopic (exact) mass is 168 g/mol. The van der Waals surface area contributed by atoms with Crippen molar-refractivity contribution in [2.45, 2.75) is 51.6 Å². The Hall–Kier alpha value is -0.0400. The molecule has 0 radical (unpaired) electrons. The number of hydrogen-bond donors (Lipinski definition) is 1. The Morgan fingerprint density at radius 3 is 2.33 bits per heavy atom. The normalized spacial score (nSPS) is 38.5. The average molecular weight is 168 g/mol. The standard InChI is InChI=1S/C11H20O/c1-2-8-3-4-10(7-8)11(12)9-5-6-9/h8-12H,2-7H2,1H3. The topological polar surface area (TPSA) is 20.2 Å². The molecule has 70 valence electrons. The SMILES string of the molecule is CCC1CCC(C(O)C2CC2)C1. The highest BCUT2D eigenvalue weighted by Gasteiger charge is 2.38. The Bertz CT molecular complexity index is 151. The summed E-state index contributed by atoms with van der Waals surface area (Å²) < 4.78 is 0. The van der Waals surface area contributed by atoms with Crippen LogP contribution < -0.4 is 0 Å². The van der Waals surface area contributed by atoms with E-state index < -0.39 is 0 Å². The van der Waals surface area contributed by atoms with Gasteiger partial charge in [-0.3, -0.25) is 0 Å². The van der Waals surface area contributed by atoms with Gasteiger partial charge in [-0.15, -0.1) is 0 Å². The van der Waals surface area contributed by atoms with E-state index in [-0.39, 0.29) is 6.10 Å². The summed E-state index contributed by atoms with van der Waals surface area (Å²) in [6.45, 7) is 2.27. The Labute approximate surface area is 75.2 Å². The highest BCUT2D eigenvalue weighted by atomic mass is 16.3. The van der Waals surface area contributed by atoms with Crippen LogP contribution in [-0.4, -0.2) is 11.2 Å². The van der Waals surface area contributed by atoms with Gasteiger partial charge in [-0.2, -0.15) is 0 Å². The third-order valence-corrected chi connectivity index (χ3v) is 3.75. The molecule has 0 aliphatic heterocycles. The van der Waals surface area contributed by atoms with Crippen molar-refractivity contribution in [2.75, 3.05) is 0 Å². The van der Waals surface area contributed by atoms with Crippen LogP contribution in [0.2, 0.25) is 0 Å². The minimum Gasteiger partial charge on any atom is -0.393 e. The molecule has 1 heteroatoms. The van der Waals surface area contributed by atoms with Crippen LogP contribution in [0.3, 0.4) is 0 Å². The van der Waals surface area contributed by atoms with E-state index in [1.165, 1.54) is 38.5 Å². The second-order valence-corrected chi connectivity index (χ2v) is 4.68. The van der Waals surface area contributed by atoms with E-state index in [9.17, 15) is 5.11 Å². The minimum atomic E-state index is 0.0570. The smallest absolute Gasteiger partial charge is 0.0596 e. The highest BCUT2D eigenvalue weighted by Crippen LogP contribution is 2.43. The fraction of sp³-hybridized carbons (Fsp3) is 1.00. The maximum absolute atomic E-state index is 9.90. The fourth-order valence-electron chi connectivity index (χ4n) is 2.62. The van der Waals surface area contributed by atoms with Gasteiger partial charge in [0.15, 0.2) is 0 Å². The molecular weight excluding hydrogens is 148 g/mol. The molecular formula is C11H20O. The molecule has 0 bridgehead atoms. The second kappa shape index (κ2) is 3.37. The number of rotatable bonds is 3. The molecule has 2 saturated carbocycles. The third kappa shape index (κ3) is 1.66. The lowest BCUT2D eigenvalue weighted by Gasteiger charge is -2.17. The van der Waals surface area contributed by atoms with Crippen molar-refractivity contribution < 1.29 is 5.11 Å². The van der Waals surface area contributed by atoms with Gasteiger partial charge in [0.05, 0.1) is 6.10 Å². The molecule has 0 saturated heterocycles. The molecule has 1 nitrogen and oxygen atoms in total. The first kappa shape index (κ1) is 8.55. The number of aliphatic hydroxyl groups excluding tert-OH is 1. The van der Waals surface area contributed by atoms with Crippen LogP contribution >= 0.6 is 0 Å². The van der Waals surface area contributed by atoms with E-state index in [0.29, 0.717) is 11.8 Å². The molecule has 0 aromatic heterocycles. The van der Waals surface area contributed by atoms with E-state index in [2.05, 4.69) is 6.92 Å².